The molecule has 0 aromatic heterocycles. The summed E-state index contributed by atoms with van der Waals surface area (Å²) < 4.78 is 11.1. The Morgan fingerprint density at radius 2 is 2.38 bits per heavy atom. The maximum Gasteiger partial charge on any atom is 0.159 e. The predicted molar refractivity (Wildman–Crippen MR) is 49.3 cm³/mol. The van der Waals surface area contributed by atoms with E-state index in [0.29, 0.717) is 19.2 Å². The van der Waals surface area contributed by atoms with E-state index in [1.165, 1.54) is 12.8 Å². The second-order valence-corrected chi connectivity index (χ2v) is 3.79. The van der Waals surface area contributed by atoms with Crippen molar-refractivity contribution in [1.82, 2.24) is 5.32 Å². The van der Waals surface area contributed by atoms with Crippen molar-refractivity contribution < 1.29 is 9.47 Å². The van der Waals surface area contributed by atoms with Gasteiger partial charge >= 0.3 is 0 Å². The van der Waals surface area contributed by atoms with Crippen LogP contribution in [-0.4, -0.2) is 38.1 Å². The molecule has 0 aliphatic carbocycles. The molecule has 2 aliphatic heterocycles. The molecule has 3 N–H and O–H groups in total. The fourth-order valence-electron chi connectivity index (χ4n) is 1.95. The Kier molecular flexibility index (Phi) is 3.16. The van der Waals surface area contributed by atoms with E-state index in [2.05, 4.69) is 5.32 Å². The maximum absolute atomic E-state index is 5.59. The molecular formula is C9H18N2O2. The van der Waals surface area contributed by atoms with Crippen molar-refractivity contribution in [3.63, 3.8) is 0 Å². The van der Waals surface area contributed by atoms with Crippen LogP contribution in [0.25, 0.3) is 0 Å². The van der Waals surface area contributed by atoms with Crippen LogP contribution in [0.4, 0.5) is 0 Å². The fraction of sp³-hybridized carbons (Fsp3) is 1.00. The lowest BCUT2D eigenvalue weighted by Crippen LogP contribution is -2.28. The first-order valence-electron chi connectivity index (χ1n) is 5.09. The average Bonchev–Trinajstić information content (AvgIpc) is 2.76. The lowest BCUT2D eigenvalue weighted by molar-refractivity contribution is -0.0650. The molecule has 2 saturated heterocycles. The summed E-state index contributed by atoms with van der Waals surface area (Å²) in [6.07, 6.45) is 3.58. The summed E-state index contributed by atoms with van der Waals surface area (Å²) in [5.41, 5.74) is 5.48. The second-order valence-electron chi connectivity index (χ2n) is 3.79. The normalized spacial score (nSPS) is 39.9. The first kappa shape index (κ1) is 9.40. The Morgan fingerprint density at radius 1 is 1.46 bits per heavy atom. The van der Waals surface area contributed by atoms with Crippen LogP contribution in [0, 0.1) is 0 Å². The van der Waals surface area contributed by atoms with E-state index in [1.807, 2.05) is 0 Å². The van der Waals surface area contributed by atoms with Crippen molar-refractivity contribution in [2.45, 2.75) is 37.7 Å². The minimum atomic E-state index is -0.0239. The lowest BCUT2D eigenvalue weighted by Gasteiger charge is -2.15. The van der Waals surface area contributed by atoms with Crippen molar-refractivity contribution in [1.29, 1.82) is 0 Å². The molecule has 13 heavy (non-hydrogen) atoms. The number of rotatable bonds is 3. The van der Waals surface area contributed by atoms with Gasteiger partial charge in [0, 0.05) is 19.0 Å². The number of hydrogen-bond acceptors (Lipinski definition) is 4. The molecule has 0 spiro atoms. The number of ether oxygens (including phenoxy) is 2. The average molecular weight is 186 g/mol. The highest BCUT2D eigenvalue weighted by molar-refractivity contribution is 4.77. The Balaban J connectivity index is 1.70. The summed E-state index contributed by atoms with van der Waals surface area (Å²) in [5.74, 6) is 0. The predicted octanol–water partition coefficient (Wildman–Crippen LogP) is -0.171. The topological polar surface area (TPSA) is 56.5 Å². The van der Waals surface area contributed by atoms with Crippen LogP contribution in [0.1, 0.15) is 19.3 Å². The van der Waals surface area contributed by atoms with Gasteiger partial charge in [-0.1, -0.05) is 0 Å². The van der Waals surface area contributed by atoms with Crippen LogP contribution >= 0.6 is 0 Å². The Labute approximate surface area is 78.8 Å². The van der Waals surface area contributed by atoms with E-state index in [9.17, 15) is 0 Å². The van der Waals surface area contributed by atoms with Crippen LogP contribution in [0.3, 0.4) is 0 Å². The van der Waals surface area contributed by atoms with Gasteiger partial charge in [0.15, 0.2) is 6.29 Å². The number of nitrogens with two attached hydrogens (primary N) is 1. The van der Waals surface area contributed by atoms with E-state index < -0.39 is 0 Å². The van der Waals surface area contributed by atoms with Crippen LogP contribution in [0.2, 0.25) is 0 Å². The molecule has 2 heterocycles. The first-order chi connectivity index (χ1) is 6.38. The van der Waals surface area contributed by atoms with Gasteiger partial charge in [-0.15, -0.1) is 0 Å². The molecule has 0 aromatic rings. The van der Waals surface area contributed by atoms with Crippen LogP contribution in [0.15, 0.2) is 0 Å². The molecule has 0 saturated carbocycles. The van der Waals surface area contributed by atoms with Gasteiger partial charge in [0.1, 0.15) is 0 Å². The third kappa shape index (κ3) is 2.40. The zero-order valence-corrected chi connectivity index (χ0v) is 7.87. The van der Waals surface area contributed by atoms with Crippen molar-refractivity contribution in [2.75, 3.05) is 19.7 Å². The van der Waals surface area contributed by atoms with Crippen molar-refractivity contribution in [3.05, 3.63) is 0 Å². The molecule has 0 aromatic carbocycles. The molecule has 0 bridgehead atoms. The Bertz CT molecular complexity index is 160. The minimum absolute atomic E-state index is 0.0239. The van der Waals surface area contributed by atoms with Crippen LogP contribution < -0.4 is 11.1 Å². The van der Waals surface area contributed by atoms with Gasteiger partial charge in [-0.05, 0) is 19.4 Å². The van der Waals surface area contributed by atoms with Gasteiger partial charge in [-0.25, -0.2) is 0 Å². The van der Waals surface area contributed by atoms with Crippen LogP contribution in [-0.2, 0) is 9.47 Å². The smallest absolute Gasteiger partial charge is 0.159 e. The highest BCUT2D eigenvalue weighted by Gasteiger charge is 2.28. The van der Waals surface area contributed by atoms with Crippen LogP contribution in [0.5, 0.6) is 0 Å². The van der Waals surface area contributed by atoms with Crippen molar-refractivity contribution >= 4 is 0 Å². The van der Waals surface area contributed by atoms with Gasteiger partial charge in [-0.2, -0.15) is 0 Å². The maximum atomic E-state index is 5.59. The lowest BCUT2D eigenvalue weighted by atomic mass is 10.1. The van der Waals surface area contributed by atoms with Gasteiger partial charge in [-0.3, -0.25) is 0 Å². The summed E-state index contributed by atoms with van der Waals surface area (Å²) >= 11 is 0. The summed E-state index contributed by atoms with van der Waals surface area (Å²) in [6, 6.07) is 0.585. The molecule has 76 valence electrons. The van der Waals surface area contributed by atoms with Crippen molar-refractivity contribution in [2.24, 2.45) is 5.73 Å². The zero-order valence-electron chi connectivity index (χ0n) is 7.87. The highest BCUT2D eigenvalue weighted by Crippen LogP contribution is 2.19. The van der Waals surface area contributed by atoms with Gasteiger partial charge in [0.2, 0.25) is 0 Å². The summed E-state index contributed by atoms with van der Waals surface area (Å²) in [6.45, 7) is 2.36. The van der Waals surface area contributed by atoms with Gasteiger partial charge in [0.25, 0.3) is 0 Å². The Hall–Kier alpha value is -0.160. The minimum Gasteiger partial charge on any atom is -0.350 e. The number of hydrogen-bond donors (Lipinski definition) is 2. The summed E-state index contributed by atoms with van der Waals surface area (Å²) in [7, 11) is 0. The molecule has 3 atom stereocenters. The SMILES string of the molecule is NCC1COC(CC2CCCN2)O1. The number of nitrogens with one attached hydrogen (secondary N) is 1. The van der Waals surface area contributed by atoms with Gasteiger partial charge < -0.3 is 20.5 Å². The molecule has 0 amide bonds. The van der Waals surface area contributed by atoms with E-state index in [-0.39, 0.29) is 12.4 Å². The standard InChI is InChI=1S/C9H18N2O2/c10-5-8-6-12-9(13-8)4-7-2-1-3-11-7/h7-9,11H,1-6,10H2. The molecule has 2 rings (SSSR count). The molecule has 0 radical (unpaired) electrons. The first-order valence-corrected chi connectivity index (χ1v) is 5.09. The van der Waals surface area contributed by atoms with E-state index in [0.717, 1.165) is 13.0 Å². The largest absolute Gasteiger partial charge is 0.350 e. The Morgan fingerprint density at radius 3 is 3.00 bits per heavy atom. The van der Waals surface area contributed by atoms with E-state index in [1.54, 1.807) is 0 Å². The molecule has 2 fully saturated rings. The molecule has 4 heteroatoms. The van der Waals surface area contributed by atoms with E-state index in [4.69, 9.17) is 15.2 Å². The zero-order chi connectivity index (χ0) is 9.10. The fourth-order valence-corrected chi connectivity index (χ4v) is 1.95. The third-order valence-electron chi connectivity index (χ3n) is 2.71. The molecular weight excluding hydrogens is 168 g/mol. The van der Waals surface area contributed by atoms with E-state index >= 15 is 0 Å². The molecule has 2 aliphatic rings. The summed E-state index contributed by atoms with van der Waals surface area (Å²) in [5, 5.41) is 3.43. The monoisotopic (exact) mass is 186 g/mol. The quantitative estimate of drug-likeness (QED) is 0.642. The highest BCUT2D eigenvalue weighted by atomic mass is 16.7. The van der Waals surface area contributed by atoms with Gasteiger partial charge in [0.05, 0.1) is 12.7 Å². The third-order valence-corrected chi connectivity index (χ3v) is 2.71. The molecule has 4 nitrogen and oxygen atoms in total. The molecule has 3 unspecified atom stereocenters. The summed E-state index contributed by atoms with van der Waals surface area (Å²) in [4.78, 5) is 0. The second kappa shape index (κ2) is 4.37. The van der Waals surface area contributed by atoms with Crippen molar-refractivity contribution in [3.8, 4) is 0 Å².